The smallest absolute Gasteiger partial charge is 0.0345 e. The summed E-state index contributed by atoms with van der Waals surface area (Å²) in [7, 11) is 0. The molecule has 0 radical (unpaired) electrons. The van der Waals surface area contributed by atoms with Crippen LogP contribution in [-0.2, 0) is 0 Å². The van der Waals surface area contributed by atoms with E-state index >= 15 is 0 Å². The van der Waals surface area contributed by atoms with E-state index in [2.05, 4.69) is 39.9 Å². The molecule has 0 amide bonds. The molecule has 0 unspecified atom stereocenters. The summed E-state index contributed by atoms with van der Waals surface area (Å²) in [5.74, 6) is 0. The van der Waals surface area contributed by atoms with Crippen LogP contribution in [0.1, 0.15) is 41.0 Å². The second-order valence-electron chi connectivity index (χ2n) is 6.37. The van der Waals surface area contributed by atoms with Crippen LogP contribution in [0.25, 0.3) is 0 Å². The molecule has 0 bridgehead atoms. The number of nitrogens with one attached hydrogen (secondary N) is 1. The lowest BCUT2D eigenvalue weighted by Crippen LogP contribution is -2.35. The van der Waals surface area contributed by atoms with Gasteiger partial charge in [-0.05, 0) is 49.9 Å². The summed E-state index contributed by atoms with van der Waals surface area (Å²) in [5.41, 5.74) is 8.01. The van der Waals surface area contributed by atoms with Crippen molar-refractivity contribution in [1.82, 2.24) is 0 Å². The average molecular weight is 220 g/mol. The SMILES string of the molecule is CC(C)(C)CC(C)(C)Nc1ccc(N)cc1. The zero-order chi connectivity index (χ0) is 12.4. The Hall–Kier alpha value is -1.18. The number of nitrogen functional groups attached to an aromatic ring is 1. The minimum absolute atomic E-state index is 0.0916. The van der Waals surface area contributed by atoms with Crippen LogP contribution in [0.5, 0.6) is 0 Å². The van der Waals surface area contributed by atoms with Gasteiger partial charge in [0.2, 0.25) is 0 Å². The van der Waals surface area contributed by atoms with Gasteiger partial charge in [-0.1, -0.05) is 20.8 Å². The molecular formula is C14H24N2. The lowest BCUT2D eigenvalue weighted by molar-refractivity contribution is 0.302. The van der Waals surface area contributed by atoms with Gasteiger partial charge < -0.3 is 11.1 Å². The fraction of sp³-hybridized carbons (Fsp3) is 0.571. The molecule has 0 saturated heterocycles. The maximum Gasteiger partial charge on any atom is 0.0345 e. The Kier molecular flexibility index (Phi) is 3.51. The maximum atomic E-state index is 5.66. The van der Waals surface area contributed by atoms with Crippen LogP contribution in [-0.4, -0.2) is 5.54 Å². The van der Waals surface area contributed by atoms with E-state index in [0.717, 1.165) is 17.8 Å². The molecule has 0 aliphatic rings. The van der Waals surface area contributed by atoms with Crippen molar-refractivity contribution >= 4 is 11.4 Å². The predicted octanol–water partition coefficient (Wildman–Crippen LogP) is 3.90. The summed E-state index contributed by atoms with van der Waals surface area (Å²) in [6.45, 7) is 11.3. The van der Waals surface area contributed by atoms with E-state index in [9.17, 15) is 0 Å². The van der Waals surface area contributed by atoms with Crippen LogP contribution in [0.2, 0.25) is 0 Å². The number of hydrogen-bond acceptors (Lipinski definition) is 2. The van der Waals surface area contributed by atoms with Crippen LogP contribution in [0.15, 0.2) is 24.3 Å². The standard InChI is InChI=1S/C14H24N2/c1-13(2,3)10-14(4,5)16-12-8-6-11(15)7-9-12/h6-9,16H,10,15H2,1-5H3. The Bertz CT molecular complexity index is 331. The molecule has 2 nitrogen and oxygen atoms in total. The van der Waals surface area contributed by atoms with Crippen LogP contribution >= 0.6 is 0 Å². The highest BCUT2D eigenvalue weighted by molar-refractivity contribution is 5.52. The number of hydrogen-bond donors (Lipinski definition) is 2. The Balaban J connectivity index is 2.69. The predicted molar refractivity (Wildman–Crippen MR) is 72.6 cm³/mol. The first-order chi connectivity index (χ1) is 7.18. The fourth-order valence-corrected chi connectivity index (χ4v) is 2.33. The molecule has 0 heterocycles. The first-order valence-corrected chi connectivity index (χ1v) is 5.82. The zero-order valence-electron chi connectivity index (χ0n) is 11.1. The van der Waals surface area contributed by atoms with E-state index in [0.29, 0.717) is 5.41 Å². The Morgan fingerprint density at radius 2 is 1.50 bits per heavy atom. The number of rotatable bonds is 3. The lowest BCUT2D eigenvalue weighted by atomic mass is 9.81. The van der Waals surface area contributed by atoms with E-state index < -0.39 is 0 Å². The third-order valence-electron chi connectivity index (χ3n) is 2.37. The van der Waals surface area contributed by atoms with Crippen LogP contribution in [0, 0.1) is 5.41 Å². The van der Waals surface area contributed by atoms with Crippen molar-refractivity contribution in [2.24, 2.45) is 5.41 Å². The Morgan fingerprint density at radius 1 is 1.00 bits per heavy atom. The van der Waals surface area contributed by atoms with Crippen molar-refractivity contribution in [2.75, 3.05) is 11.1 Å². The van der Waals surface area contributed by atoms with E-state index in [1.165, 1.54) is 0 Å². The van der Waals surface area contributed by atoms with Crippen LogP contribution in [0.4, 0.5) is 11.4 Å². The van der Waals surface area contributed by atoms with Crippen molar-refractivity contribution in [2.45, 2.75) is 46.6 Å². The highest BCUT2D eigenvalue weighted by Gasteiger charge is 2.24. The summed E-state index contributed by atoms with van der Waals surface area (Å²) in [5, 5.41) is 3.55. The van der Waals surface area contributed by atoms with Gasteiger partial charge in [0.15, 0.2) is 0 Å². The molecule has 0 aromatic heterocycles. The van der Waals surface area contributed by atoms with E-state index in [4.69, 9.17) is 5.73 Å². The highest BCUT2D eigenvalue weighted by atomic mass is 15.0. The molecule has 2 heteroatoms. The third kappa shape index (κ3) is 4.56. The summed E-state index contributed by atoms with van der Waals surface area (Å²) < 4.78 is 0. The zero-order valence-corrected chi connectivity index (χ0v) is 11.1. The lowest BCUT2D eigenvalue weighted by Gasteiger charge is -2.34. The van der Waals surface area contributed by atoms with Gasteiger partial charge in [-0.3, -0.25) is 0 Å². The first kappa shape index (κ1) is 12.9. The highest BCUT2D eigenvalue weighted by Crippen LogP contribution is 2.29. The molecule has 0 atom stereocenters. The van der Waals surface area contributed by atoms with Crippen molar-refractivity contribution in [3.63, 3.8) is 0 Å². The molecule has 0 aliphatic heterocycles. The van der Waals surface area contributed by atoms with Crippen molar-refractivity contribution in [3.8, 4) is 0 Å². The molecule has 0 saturated carbocycles. The van der Waals surface area contributed by atoms with Gasteiger partial charge >= 0.3 is 0 Å². The minimum atomic E-state index is 0.0916. The molecule has 16 heavy (non-hydrogen) atoms. The quantitative estimate of drug-likeness (QED) is 0.758. The van der Waals surface area contributed by atoms with Gasteiger partial charge in [-0.15, -0.1) is 0 Å². The molecule has 0 aliphatic carbocycles. The molecule has 0 spiro atoms. The van der Waals surface area contributed by atoms with Crippen LogP contribution < -0.4 is 11.1 Å². The second kappa shape index (κ2) is 4.36. The van der Waals surface area contributed by atoms with Crippen molar-refractivity contribution in [3.05, 3.63) is 24.3 Å². The van der Waals surface area contributed by atoms with Gasteiger partial charge in [0.1, 0.15) is 0 Å². The van der Waals surface area contributed by atoms with Gasteiger partial charge in [0, 0.05) is 16.9 Å². The average Bonchev–Trinajstić information content (AvgIpc) is 2.04. The normalized spacial score (nSPS) is 12.6. The first-order valence-electron chi connectivity index (χ1n) is 5.82. The Morgan fingerprint density at radius 3 is 1.94 bits per heavy atom. The molecule has 90 valence electrons. The molecule has 0 fully saturated rings. The molecule has 3 N–H and O–H groups in total. The van der Waals surface area contributed by atoms with Gasteiger partial charge in [-0.25, -0.2) is 0 Å². The topological polar surface area (TPSA) is 38.0 Å². The summed E-state index contributed by atoms with van der Waals surface area (Å²) in [6.07, 6.45) is 1.12. The monoisotopic (exact) mass is 220 g/mol. The summed E-state index contributed by atoms with van der Waals surface area (Å²) in [4.78, 5) is 0. The summed E-state index contributed by atoms with van der Waals surface area (Å²) >= 11 is 0. The Labute approximate surface area is 99.2 Å². The van der Waals surface area contributed by atoms with E-state index in [1.807, 2.05) is 24.3 Å². The van der Waals surface area contributed by atoms with E-state index in [1.54, 1.807) is 0 Å². The van der Waals surface area contributed by atoms with Gasteiger partial charge in [-0.2, -0.15) is 0 Å². The molecule has 1 aromatic carbocycles. The molecular weight excluding hydrogens is 196 g/mol. The minimum Gasteiger partial charge on any atom is -0.399 e. The summed E-state index contributed by atoms with van der Waals surface area (Å²) in [6, 6.07) is 7.91. The van der Waals surface area contributed by atoms with Crippen LogP contribution in [0.3, 0.4) is 0 Å². The third-order valence-corrected chi connectivity index (χ3v) is 2.37. The fourth-order valence-electron chi connectivity index (χ4n) is 2.33. The van der Waals surface area contributed by atoms with Crippen molar-refractivity contribution < 1.29 is 0 Å². The van der Waals surface area contributed by atoms with E-state index in [-0.39, 0.29) is 5.54 Å². The number of benzene rings is 1. The number of anilines is 2. The molecule has 1 rings (SSSR count). The van der Waals surface area contributed by atoms with Gasteiger partial charge in [0.05, 0.1) is 0 Å². The second-order valence-corrected chi connectivity index (χ2v) is 6.37. The molecule has 1 aromatic rings. The largest absolute Gasteiger partial charge is 0.399 e. The van der Waals surface area contributed by atoms with Crippen molar-refractivity contribution in [1.29, 1.82) is 0 Å². The number of nitrogens with two attached hydrogens (primary N) is 1. The van der Waals surface area contributed by atoms with Gasteiger partial charge in [0.25, 0.3) is 0 Å². The maximum absolute atomic E-state index is 5.66.